The molecule has 1 aromatic heterocycles. The minimum absolute atomic E-state index is 0.0170. The lowest BCUT2D eigenvalue weighted by Crippen LogP contribution is -2.49. The average molecular weight is 290 g/mol. The van der Waals surface area contributed by atoms with Gasteiger partial charge >= 0.3 is 6.01 Å². The van der Waals surface area contributed by atoms with Gasteiger partial charge in [-0.25, -0.2) is 8.42 Å². The Kier molecular flexibility index (Phi) is 4.38. The highest BCUT2D eigenvalue weighted by molar-refractivity contribution is 7.89. The highest BCUT2D eigenvalue weighted by Gasteiger charge is 2.28. The zero-order valence-electron chi connectivity index (χ0n) is 11.1. The number of rotatable bonds is 5. The molecule has 9 heteroatoms. The third kappa shape index (κ3) is 3.43. The number of methoxy groups -OCH3 is 1. The van der Waals surface area contributed by atoms with Crippen LogP contribution in [0.1, 0.15) is 5.89 Å². The first kappa shape index (κ1) is 14.2. The molecule has 8 nitrogen and oxygen atoms in total. The number of piperazine rings is 1. The van der Waals surface area contributed by atoms with Crippen molar-refractivity contribution in [3.63, 3.8) is 0 Å². The Labute approximate surface area is 112 Å². The Morgan fingerprint density at radius 3 is 2.47 bits per heavy atom. The predicted octanol–water partition coefficient (Wildman–Crippen LogP) is -0.524. The van der Waals surface area contributed by atoms with Gasteiger partial charge in [-0.15, -0.1) is 5.10 Å². The Morgan fingerprint density at radius 2 is 1.95 bits per heavy atom. The van der Waals surface area contributed by atoms with Crippen LogP contribution < -0.4 is 4.90 Å². The van der Waals surface area contributed by atoms with Crippen LogP contribution in [0, 0.1) is 6.92 Å². The summed E-state index contributed by atoms with van der Waals surface area (Å²) in [5.74, 6) is 0.522. The molecular weight excluding hydrogens is 272 g/mol. The Bertz CT molecular complexity index is 507. The lowest BCUT2D eigenvalue weighted by atomic mass is 10.4. The summed E-state index contributed by atoms with van der Waals surface area (Å²) >= 11 is 0. The van der Waals surface area contributed by atoms with E-state index in [0.29, 0.717) is 38.1 Å². The van der Waals surface area contributed by atoms with Crippen molar-refractivity contribution < 1.29 is 17.6 Å². The number of ether oxygens (including phenoxy) is 1. The van der Waals surface area contributed by atoms with Crippen LogP contribution in [0.2, 0.25) is 0 Å². The van der Waals surface area contributed by atoms with Crippen LogP contribution in [0.5, 0.6) is 0 Å². The molecule has 1 saturated heterocycles. The zero-order chi connectivity index (χ0) is 13.9. The molecule has 0 aromatic carbocycles. The number of hydrogen-bond donors (Lipinski definition) is 0. The lowest BCUT2D eigenvalue weighted by molar-refractivity contribution is 0.215. The van der Waals surface area contributed by atoms with Crippen LogP contribution in [0.25, 0.3) is 0 Å². The highest BCUT2D eigenvalue weighted by Crippen LogP contribution is 2.15. The molecular formula is C10H18N4O4S. The summed E-state index contributed by atoms with van der Waals surface area (Å²) in [6.45, 7) is 3.88. The smallest absolute Gasteiger partial charge is 0.318 e. The van der Waals surface area contributed by atoms with Crippen molar-refractivity contribution in [2.75, 3.05) is 50.5 Å². The second-order valence-corrected chi connectivity index (χ2v) is 6.39. The van der Waals surface area contributed by atoms with Crippen molar-refractivity contribution in [2.45, 2.75) is 6.92 Å². The third-order valence-corrected chi connectivity index (χ3v) is 4.80. The number of hydrogen-bond acceptors (Lipinski definition) is 7. The van der Waals surface area contributed by atoms with Gasteiger partial charge in [-0.1, -0.05) is 5.10 Å². The molecule has 1 aliphatic rings. The summed E-state index contributed by atoms with van der Waals surface area (Å²) < 4.78 is 35.6. The molecule has 0 N–H and O–H groups in total. The van der Waals surface area contributed by atoms with Crippen molar-refractivity contribution in [1.82, 2.24) is 14.5 Å². The summed E-state index contributed by atoms with van der Waals surface area (Å²) in [5.41, 5.74) is 0. The maximum absolute atomic E-state index is 12.0. The highest BCUT2D eigenvalue weighted by atomic mass is 32.2. The molecule has 2 rings (SSSR count). The molecule has 0 bridgehead atoms. The van der Waals surface area contributed by atoms with Crippen LogP contribution in [-0.4, -0.2) is 68.6 Å². The molecule has 19 heavy (non-hydrogen) atoms. The van der Waals surface area contributed by atoms with Gasteiger partial charge in [0, 0.05) is 40.2 Å². The Morgan fingerprint density at radius 1 is 1.26 bits per heavy atom. The molecule has 2 heterocycles. The van der Waals surface area contributed by atoms with Crippen molar-refractivity contribution in [3.05, 3.63) is 5.89 Å². The number of sulfonamides is 1. The first-order chi connectivity index (χ1) is 9.03. The second-order valence-electron chi connectivity index (χ2n) is 4.30. The fourth-order valence-electron chi connectivity index (χ4n) is 1.89. The van der Waals surface area contributed by atoms with Gasteiger partial charge in [0.25, 0.3) is 0 Å². The monoisotopic (exact) mass is 290 g/mol. The zero-order valence-corrected chi connectivity index (χ0v) is 11.9. The van der Waals surface area contributed by atoms with E-state index in [1.165, 1.54) is 11.4 Å². The molecule has 1 fully saturated rings. The predicted molar refractivity (Wildman–Crippen MR) is 68.5 cm³/mol. The Balaban J connectivity index is 1.92. The molecule has 1 aromatic rings. The van der Waals surface area contributed by atoms with E-state index in [1.54, 1.807) is 6.92 Å². The Hall–Kier alpha value is -1.19. The summed E-state index contributed by atoms with van der Waals surface area (Å²) in [4.78, 5) is 1.89. The van der Waals surface area contributed by atoms with Gasteiger partial charge in [0.05, 0.1) is 12.4 Å². The third-order valence-electron chi connectivity index (χ3n) is 2.96. The summed E-state index contributed by atoms with van der Waals surface area (Å²) in [5, 5.41) is 7.69. The molecule has 0 saturated carbocycles. The second kappa shape index (κ2) is 5.85. The summed E-state index contributed by atoms with van der Waals surface area (Å²) in [7, 11) is -1.74. The van der Waals surface area contributed by atoms with E-state index in [2.05, 4.69) is 10.2 Å². The fourth-order valence-corrected chi connectivity index (χ4v) is 3.24. The van der Waals surface area contributed by atoms with E-state index >= 15 is 0 Å². The average Bonchev–Trinajstić information content (AvgIpc) is 2.83. The molecule has 0 aliphatic carbocycles. The van der Waals surface area contributed by atoms with Gasteiger partial charge in [0.15, 0.2) is 0 Å². The number of anilines is 1. The van der Waals surface area contributed by atoms with Crippen LogP contribution in [0.15, 0.2) is 4.42 Å². The maximum atomic E-state index is 12.0. The summed E-state index contributed by atoms with van der Waals surface area (Å²) in [6.07, 6.45) is 0. The van der Waals surface area contributed by atoms with E-state index in [4.69, 9.17) is 9.15 Å². The van der Waals surface area contributed by atoms with Crippen molar-refractivity contribution >= 4 is 16.0 Å². The summed E-state index contributed by atoms with van der Waals surface area (Å²) in [6, 6.07) is 0.450. The van der Waals surface area contributed by atoms with E-state index in [-0.39, 0.29) is 12.4 Å². The van der Waals surface area contributed by atoms with Crippen LogP contribution >= 0.6 is 0 Å². The topological polar surface area (TPSA) is 88.8 Å². The number of aryl methyl sites for hydroxylation is 1. The van der Waals surface area contributed by atoms with Gasteiger partial charge in [-0.3, -0.25) is 0 Å². The van der Waals surface area contributed by atoms with E-state index < -0.39 is 10.0 Å². The first-order valence-electron chi connectivity index (χ1n) is 6.05. The maximum Gasteiger partial charge on any atom is 0.318 e. The number of aromatic nitrogens is 2. The first-order valence-corrected chi connectivity index (χ1v) is 7.65. The molecule has 1 aliphatic heterocycles. The normalized spacial score (nSPS) is 17.9. The molecule has 0 spiro atoms. The van der Waals surface area contributed by atoms with Gasteiger partial charge in [-0.05, 0) is 0 Å². The molecule has 0 atom stereocenters. The largest absolute Gasteiger partial charge is 0.408 e. The standard InChI is InChI=1S/C10H18N4O4S/c1-9-11-12-10(18-9)13-3-5-14(6-4-13)19(15,16)8-7-17-2/h3-8H2,1-2H3. The molecule has 0 radical (unpaired) electrons. The molecule has 0 amide bonds. The SMILES string of the molecule is COCCS(=O)(=O)N1CCN(c2nnc(C)o2)CC1. The molecule has 108 valence electrons. The van der Waals surface area contributed by atoms with E-state index in [0.717, 1.165) is 0 Å². The minimum atomic E-state index is -3.23. The van der Waals surface area contributed by atoms with Gasteiger partial charge in [-0.2, -0.15) is 4.31 Å². The quantitative estimate of drug-likeness (QED) is 0.720. The van der Waals surface area contributed by atoms with Crippen molar-refractivity contribution in [2.24, 2.45) is 0 Å². The lowest BCUT2D eigenvalue weighted by Gasteiger charge is -2.32. The van der Waals surface area contributed by atoms with Crippen molar-refractivity contribution in [3.8, 4) is 0 Å². The van der Waals surface area contributed by atoms with E-state index in [1.807, 2.05) is 4.90 Å². The van der Waals surface area contributed by atoms with Crippen molar-refractivity contribution in [1.29, 1.82) is 0 Å². The van der Waals surface area contributed by atoms with Crippen LogP contribution in [-0.2, 0) is 14.8 Å². The van der Waals surface area contributed by atoms with Crippen LogP contribution in [0.4, 0.5) is 6.01 Å². The minimum Gasteiger partial charge on any atom is -0.408 e. The van der Waals surface area contributed by atoms with Gasteiger partial charge in [0.1, 0.15) is 0 Å². The van der Waals surface area contributed by atoms with Gasteiger partial charge < -0.3 is 14.1 Å². The molecule has 0 unspecified atom stereocenters. The fraction of sp³-hybridized carbons (Fsp3) is 0.800. The van der Waals surface area contributed by atoms with E-state index in [9.17, 15) is 8.42 Å². The van der Waals surface area contributed by atoms with Crippen LogP contribution in [0.3, 0.4) is 0 Å². The number of nitrogens with zero attached hydrogens (tertiary/aromatic N) is 4. The van der Waals surface area contributed by atoms with Gasteiger partial charge in [0.2, 0.25) is 15.9 Å².